The van der Waals surface area contributed by atoms with Gasteiger partial charge in [-0.2, -0.15) is 0 Å². The normalized spacial score (nSPS) is 25.5. The molecule has 8 heteroatoms. The van der Waals surface area contributed by atoms with Gasteiger partial charge in [-0.25, -0.2) is 0 Å². The maximum absolute atomic E-state index is 13.4. The number of ether oxygens (including phenoxy) is 1. The van der Waals surface area contributed by atoms with Crippen molar-refractivity contribution >= 4 is 40.6 Å². The Morgan fingerprint density at radius 2 is 1.97 bits per heavy atom. The summed E-state index contributed by atoms with van der Waals surface area (Å²) in [6.07, 6.45) is 3.39. The van der Waals surface area contributed by atoms with Crippen molar-refractivity contribution in [2.45, 2.75) is 31.8 Å². The highest BCUT2D eigenvalue weighted by Crippen LogP contribution is 2.38. The summed E-state index contributed by atoms with van der Waals surface area (Å²) >= 11 is 12.5. The molecule has 3 aliphatic heterocycles. The lowest BCUT2D eigenvalue weighted by molar-refractivity contribution is -0.139. The number of likely N-dealkylation sites (tertiary alicyclic amines) is 1. The molecule has 156 valence electrons. The second kappa shape index (κ2) is 8.64. The van der Waals surface area contributed by atoms with Crippen molar-refractivity contribution in [2.24, 2.45) is 5.92 Å². The molecule has 0 aliphatic carbocycles. The zero-order valence-electron chi connectivity index (χ0n) is 16.1. The van der Waals surface area contributed by atoms with Gasteiger partial charge in [0.25, 0.3) is 11.8 Å². The number of imide groups is 1. The van der Waals surface area contributed by atoms with E-state index in [-0.39, 0.29) is 37.0 Å². The number of piperidine rings is 1. The van der Waals surface area contributed by atoms with Crippen LogP contribution in [0.4, 0.5) is 0 Å². The van der Waals surface area contributed by atoms with Crippen LogP contribution in [0.15, 0.2) is 23.9 Å². The van der Waals surface area contributed by atoms with Gasteiger partial charge >= 0.3 is 0 Å². The highest BCUT2D eigenvalue weighted by molar-refractivity contribution is 6.41. The summed E-state index contributed by atoms with van der Waals surface area (Å²) in [6, 6.07) is 4.94. The molecule has 0 radical (unpaired) electrons. The number of rotatable bonds is 5. The summed E-state index contributed by atoms with van der Waals surface area (Å²) in [5.74, 6) is -0.589. The summed E-state index contributed by atoms with van der Waals surface area (Å²) < 4.78 is 5.65. The van der Waals surface area contributed by atoms with E-state index in [1.54, 1.807) is 18.2 Å². The van der Waals surface area contributed by atoms with Crippen molar-refractivity contribution in [2.75, 3.05) is 32.8 Å². The van der Waals surface area contributed by atoms with Crippen molar-refractivity contribution < 1.29 is 19.4 Å². The molecule has 1 N–H and O–H groups in total. The highest BCUT2D eigenvalue weighted by atomic mass is 35.5. The molecule has 2 unspecified atom stereocenters. The van der Waals surface area contributed by atoms with E-state index in [0.717, 1.165) is 25.7 Å². The van der Waals surface area contributed by atoms with E-state index in [1.807, 2.05) is 4.90 Å². The van der Waals surface area contributed by atoms with Crippen molar-refractivity contribution in [3.05, 3.63) is 39.5 Å². The van der Waals surface area contributed by atoms with Gasteiger partial charge in [0, 0.05) is 36.9 Å². The Bertz CT molecular complexity index is 851. The number of carbonyl (C=O) groups is 2. The first kappa shape index (κ1) is 20.7. The molecule has 1 aromatic carbocycles. The average Bonchev–Trinajstić information content (AvgIpc) is 3.31. The summed E-state index contributed by atoms with van der Waals surface area (Å²) in [5, 5.41) is 10.4. The van der Waals surface area contributed by atoms with Crippen LogP contribution in [0.1, 0.15) is 31.2 Å². The zero-order chi connectivity index (χ0) is 20.5. The van der Waals surface area contributed by atoms with Crippen molar-refractivity contribution in [1.29, 1.82) is 0 Å². The van der Waals surface area contributed by atoms with Crippen LogP contribution >= 0.6 is 23.2 Å². The maximum atomic E-state index is 13.4. The minimum absolute atomic E-state index is 0.0581. The molecule has 29 heavy (non-hydrogen) atoms. The first-order valence-corrected chi connectivity index (χ1v) is 10.8. The molecule has 2 amide bonds. The van der Waals surface area contributed by atoms with Gasteiger partial charge in [-0.1, -0.05) is 29.3 Å². The van der Waals surface area contributed by atoms with E-state index < -0.39 is 0 Å². The lowest BCUT2D eigenvalue weighted by atomic mass is 9.97. The van der Waals surface area contributed by atoms with E-state index >= 15 is 0 Å². The molecular formula is C21H24Cl2N2O4. The average molecular weight is 439 g/mol. The second-order valence-corrected chi connectivity index (χ2v) is 8.68. The Balaban J connectivity index is 1.74. The largest absolute Gasteiger partial charge is 0.396 e. The fourth-order valence-electron chi connectivity index (χ4n) is 4.37. The van der Waals surface area contributed by atoms with E-state index in [0.29, 0.717) is 46.6 Å². The summed E-state index contributed by atoms with van der Waals surface area (Å²) in [6.45, 7) is 2.15. The van der Waals surface area contributed by atoms with Crippen LogP contribution in [-0.4, -0.2) is 65.7 Å². The Morgan fingerprint density at radius 1 is 1.14 bits per heavy atom. The third kappa shape index (κ3) is 4.04. The Kier molecular flexibility index (Phi) is 6.16. The number of benzene rings is 1. The Morgan fingerprint density at radius 3 is 2.66 bits per heavy atom. The van der Waals surface area contributed by atoms with Crippen LogP contribution in [-0.2, 0) is 14.3 Å². The van der Waals surface area contributed by atoms with Gasteiger partial charge in [0.2, 0.25) is 0 Å². The lowest BCUT2D eigenvalue weighted by Gasteiger charge is -2.34. The minimum Gasteiger partial charge on any atom is -0.396 e. The topological polar surface area (TPSA) is 70.1 Å². The van der Waals surface area contributed by atoms with E-state index in [2.05, 4.69) is 0 Å². The number of amides is 2. The van der Waals surface area contributed by atoms with Crippen LogP contribution < -0.4 is 0 Å². The number of hydrogen-bond acceptors (Lipinski definition) is 5. The van der Waals surface area contributed by atoms with Crippen molar-refractivity contribution in [1.82, 2.24) is 9.80 Å². The quantitative estimate of drug-likeness (QED) is 0.715. The first-order valence-electron chi connectivity index (χ1n) is 10.0. The maximum Gasteiger partial charge on any atom is 0.277 e. The molecule has 0 bridgehead atoms. The number of aliphatic hydroxyl groups excluding tert-OH is 1. The molecule has 6 nitrogen and oxygen atoms in total. The van der Waals surface area contributed by atoms with Crippen molar-refractivity contribution in [3.63, 3.8) is 0 Å². The molecule has 1 aromatic rings. The number of halogens is 2. The zero-order valence-corrected chi connectivity index (χ0v) is 17.6. The Hall–Kier alpha value is -1.60. The van der Waals surface area contributed by atoms with E-state index in [1.165, 1.54) is 4.90 Å². The summed E-state index contributed by atoms with van der Waals surface area (Å²) in [5.41, 5.74) is 1.19. The van der Waals surface area contributed by atoms with Gasteiger partial charge in [0.15, 0.2) is 0 Å². The van der Waals surface area contributed by atoms with E-state index in [4.69, 9.17) is 27.9 Å². The smallest absolute Gasteiger partial charge is 0.277 e. The molecule has 4 rings (SSSR count). The molecule has 3 aliphatic rings. The van der Waals surface area contributed by atoms with Crippen LogP contribution in [0.3, 0.4) is 0 Å². The number of hydrogen-bond donors (Lipinski definition) is 1. The summed E-state index contributed by atoms with van der Waals surface area (Å²) in [4.78, 5) is 30.0. The van der Waals surface area contributed by atoms with Gasteiger partial charge in [-0.05, 0) is 43.7 Å². The lowest BCUT2D eigenvalue weighted by Crippen LogP contribution is -2.42. The number of aliphatic hydroxyl groups is 1. The van der Waals surface area contributed by atoms with Gasteiger partial charge in [0.05, 0.1) is 23.2 Å². The molecule has 2 fully saturated rings. The standard InChI is InChI=1S/C21H24Cl2N2O4/c22-14-5-6-16(17(23)9-14)18-19(24-7-1-3-13(10-24)12-26)21(28)25(20(18)27)11-15-4-2-8-29-15/h5-6,9,13,15,26H,1-4,7-8,10-12H2. The summed E-state index contributed by atoms with van der Waals surface area (Å²) in [7, 11) is 0. The van der Waals surface area contributed by atoms with Crippen LogP contribution in [0.25, 0.3) is 5.57 Å². The predicted octanol–water partition coefficient (Wildman–Crippen LogP) is 2.96. The molecule has 0 saturated carbocycles. The minimum atomic E-state index is -0.351. The number of nitrogens with zero attached hydrogens (tertiary/aromatic N) is 2. The predicted molar refractivity (Wildman–Crippen MR) is 110 cm³/mol. The van der Waals surface area contributed by atoms with Gasteiger partial charge in [-0.15, -0.1) is 0 Å². The molecule has 0 aromatic heterocycles. The van der Waals surface area contributed by atoms with Crippen LogP contribution in [0.5, 0.6) is 0 Å². The molecule has 2 atom stereocenters. The second-order valence-electron chi connectivity index (χ2n) is 7.84. The monoisotopic (exact) mass is 438 g/mol. The van der Waals surface area contributed by atoms with Crippen LogP contribution in [0, 0.1) is 5.92 Å². The van der Waals surface area contributed by atoms with Crippen molar-refractivity contribution in [3.8, 4) is 0 Å². The fraction of sp³-hybridized carbons (Fsp3) is 0.524. The molecule has 2 saturated heterocycles. The SMILES string of the molecule is O=C1C(c2ccc(Cl)cc2Cl)=C(N2CCCC(CO)C2)C(=O)N1CC1CCCO1. The molecule has 0 spiro atoms. The van der Waals surface area contributed by atoms with Crippen LogP contribution in [0.2, 0.25) is 10.0 Å². The molecule has 3 heterocycles. The first-order chi connectivity index (χ1) is 14.0. The van der Waals surface area contributed by atoms with Gasteiger partial charge in [-0.3, -0.25) is 14.5 Å². The van der Waals surface area contributed by atoms with Gasteiger partial charge in [0.1, 0.15) is 5.70 Å². The van der Waals surface area contributed by atoms with E-state index in [9.17, 15) is 14.7 Å². The molecular weight excluding hydrogens is 415 g/mol. The third-order valence-corrected chi connectivity index (χ3v) is 6.40. The fourth-order valence-corrected chi connectivity index (χ4v) is 4.87. The third-order valence-electron chi connectivity index (χ3n) is 5.85. The Labute approximate surface area is 180 Å². The van der Waals surface area contributed by atoms with Gasteiger partial charge < -0.3 is 14.7 Å². The number of carbonyl (C=O) groups excluding carboxylic acids is 2. The highest BCUT2D eigenvalue weighted by Gasteiger charge is 2.44.